The van der Waals surface area contributed by atoms with Gasteiger partial charge in [-0.05, 0) is 17.8 Å². The van der Waals surface area contributed by atoms with Crippen molar-refractivity contribution in [3.63, 3.8) is 0 Å². The van der Waals surface area contributed by atoms with Crippen LogP contribution in [0.2, 0.25) is 0 Å². The van der Waals surface area contributed by atoms with Gasteiger partial charge in [-0.25, -0.2) is 4.79 Å². The largest absolute Gasteiger partial charge is 0.479 e. The summed E-state index contributed by atoms with van der Waals surface area (Å²) in [5.41, 5.74) is -0.731. The summed E-state index contributed by atoms with van der Waals surface area (Å²) in [5.74, 6) is -1.65. The molecule has 8 heteroatoms. The Hall–Kier alpha value is -1.96. The SMILES string of the molecule is O=C(O)C(O)C1(c2cc([N+](=O)[O-])[nH]n2)CC1. The highest BCUT2D eigenvalue weighted by atomic mass is 16.6. The van der Waals surface area contributed by atoms with Crippen LogP contribution in [0.1, 0.15) is 18.5 Å². The Bertz CT molecular complexity index is 450. The fraction of sp³-hybridized carbons (Fsp3) is 0.500. The number of aliphatic hydroxyl groups is 1. The van der Waals surface area contributed by atoms with Gasteiger partial charge in [-0.3, -0.25) is 0 Å². The number of nitro groups is 1. The van der Waals surface area contributed by atoms with Gasteiger partial charge in [0.25, 0.3) is 0 Å². The van der Waals surface area contributed by atoms with Crippen molar-refractivity contribution in [2.45, 2.75) is 24.4 Å². The molecule has 0 bridgehead atoms. The summed E-state index contributed by atoms with van der Waals surface area (Å²) in [4.78, 5) is 20.4. The van der Waals surface area contributed by atoms with Gasteiger partial charge in [-0.2, -0.15) is 0 Å². The fourth-order valence-electron chi connectivity index (χ4n) is 1.70. The number of carboxylic acid groups (broad SMARTS) is 1. The average Bonchev–Trinajstić information content (AvgIpc) is 2.87. The topological polar surface area (TPSA) is 129 Å². The van der Waals surface area contributed by atoms with E-state index < -0.39 is 22.4 Å². The minimum absolute atomic E-state index is 0.231. The summed E-state index contributed by atoms with van der Waals surface area (Å²) < 4.78 is 0. The van der Waals surface area contributed by atoms with E-state index in [9.17, 15) is 20.0 Å². The molecule has 1 fully saturated rings. The highest BCUT2D eigenvalue weighted by Gasteiger charge is 2.56. The van der Waals surface area contributed by atoms with E-state index in [1.807, 2.05) is 0 Å². The summed E-state index contributed by atoms with van der Waals surface area (Å²) in [7, 11) is 0. The first-order valence-electron chi connectivity index (χ1n) is 4.58. The first-order chi connectivity index (χ1) is 7.47. The summed E-state index contributed by atoms with van der Waals surface area (Å²) in [6.07, 6.45) is -0.652. The van der Waals surface area contributed by atoms with E-state index in [-0.39, 0.29) is 11.5 Å². The zero-order chi connectivity index (χ0) is 11.9. The predicted molar refractivity (Wildman–Crippen MR) is 49.8 cm³/mol. The maximum atomic E-state index is 10.7. The number of hydrogen-bond acceptors (Lipinski definition) is 5. The number of aliphatic carboxylic acids is 1. The van der Waals surface area contributed by atoms with E-state index >= 15 is 0 Å². The summed E-state index contributed by atoms with van der Waals surface area (Å²) >= 11 is 0. The molecule has 2 rings (SSSR count). The maximum Gasteiger partial charge on any atom is 0.342 e. The van der Waals surface area contributed by atoms with Gasteiger partial charge in [0.2, 0.25) is 0 Å². The number of aromatic nitrogens is 2. The molecule has 8 nitrogen and oxygen atoms in total. The first kappa shape index (κ1) is 10.6. The molecule has 16 heavy (non-hydrogen) atoms. The summed E-state index contributed by atoms with van der Waals surface area (Å²) in [5, 5.41) is 34.5. The maximum absolute atomic E-state index is 10.7. The van der Waals surface area contributed by atoms with Crippen LogP contribution in [0.4, 0.5) is 5.82 Å². The zero-order valence-electron chi connectivity index (χ0n) is 8.08. The van der Waals surface area contributed by atoms with Gasteiger partial charge in [0.1, 0.15) is 5.69 Å². The lowest BCUT2D eigenvalue weighted by Gasteiger charge is -2.14. The second-order valence-corrected chi connectivity index (χ2v) is 3.79. The number of H-pyrrole nitrogens is 1. The van der Waals surface area contributed by atoms with Crippen LogP contribution >= 0.6 is 0 Å². The van der Waals surface area contributed by atoms with E-state index in [0.29, 0.717) is 12.8 Å². The van der Waals surface area contributed by atoms with Gasteiger partial charge in [-0.15, -0.1) is 5.10 Å². The highest BCUT2D eigenvalue weighted by Crippen LogP contribution is 2.50. The molecule has 0 amide bonds. The van der Waals surface area contributed by atoms with Crippen molar-refractivity contribution in [3.8, 4) is 0 Å². The number of nitrogens with one attached hydrogen (secondary N) is 1. The normalized spacial score (nSPS) is 19.1. The molecule has 0 aliphatic heterocycles. The van der Waals surface area contributed by atoms with E-state index in [0.717, 1.165) is 0 Å². The Kier molecular flexibility index (Phi) is 2.16. The zero-order valence-corrected chi connectivity index (χ0v) is 8.08. The second-order valence-electron chi connectivity index (χ2n) is 3.79. The Morgan fingerprint density at radius 1 is 1.69 bits per heavy atom. The number of carbonyl (C=O) groups is 1. The van der Waals surface area contributed by atoms with Gasteiger partial charge in [0.05, 0.1) is 11.5 Å². The van der Waals surface area contributed by atoms with Gasteiger partial charge < -0.3 is 20.3 Å². The number of hydrogen-bond donors (Lipinski definition) is 3. The molecule has 1 aromatic heterocycles. The third-order valence-electron chi connectivity index (χ3n) is 2.82. The van der Waals surface area contributed by atoms with Gasteiger partial charge in [-0.1, -0.05) is 5.10 Å². The van der Waals surface area contributed by atoms with Crippen molar-refractivity contribution in [1.82, 2.24) is 10.2 Å². The molecule has 86 valence electrons. The van der Waals surface area contributed by atoms with Crippen LogP contribution in [0.3, 0.4) is 0 Å². The Morgan fingerprint density at radius 3 is 2.69 bits per heavy atom. The van der Waals surface area contributed by atoms with Crippen LogP contribution in [0.25, 0.3) is 0 Å². The lowest BCUT2D eigenvalue weighted by molar-refractivity contribution is -0.389. The molecular formula is C8H9N3O5. The van der Waals surface area contributed by atoms with Crippen molar-refractivity contribution in [2.24, 2.45) is 0 Å². The molecule has 1 heterocycles. The van der Waals surface area contributed by atoms with Crippen molar-refractivity contribution in [3.05, 3.63) is 21.9 Å². The average molecular weight is 227 g/mol. The standard InChI is InChI=1S/C8H9N3O5/c12-6(7(13)14)8(1-2-8)4-3-5(10-9-4)11(15)16/h3,6,12H,1-2H2,(H,9,10)(H,13,14). The molecule has 0 saturated heterocycles. The molecule has 1 aliphatic rings. The number of nitrogens with zero attached hydrogens (tertiary/aromatic N) is 2. The quantitative estimate of drug-likeness (QED) is 0.482. The number of aromatic amines is 1. The number of rotatable bonds is 4. The Morgan fingerprint density at radius 2 is 2.31 bits per heavy atom. The monoisotopic (exact) mass is 227 g/mol. The van der Waals surface area contributed by atoms with E-state index in [1.165, 1.54) is 6.07 Å². The van der Waals surface area contributed by atoms with Crippen LogP contribution in [-0.2, 0) is 10.2 Å². The molecule has 1 atom stereocenters. The van der Waals surface area contributed by atoms with Gasteiger partial charge in [0.15, 0.2) is 6.10 Å². The lowest BCUT2D eigenvalue weighted by Crippen LogP contribution is -2.34. The van der Waals surface area contributed by atoms with Crippen molar-refractivity contribution in [2.75, 3.05) is 0 Å². The molecule has 1 aromatic rings. The van der Waals surface area contributed by atoms with Gasteiger partial charge >= 0.3 is 11.8 Å². The van der Waals surface area contributed by atoms with E-state index in [4.69, 9.17) is 5.11 Å². The Labute approximate surface area is 89.1 Å². The van der Waals surface area contributed by atoms with Crippen molar-refractivity contribution >= 4 is 11.8 Å². The minimum Gasteiger partial charge on any atom is -0.479 e. The van der Waals surface area contributed by atoms with Crippen LogP contribution in [0.15, 0.2) is 6.07 Å². The first-order valence-corrected chi connectivity index (χ1v) is 4.58. The van der Waals surface area contributed by atoms with Crippen LogP contribution in [0.5, 0.6) is 0 Å². The Balaban J connectivity index is 2.30. The second kappa shape index (κ2) is 3.27. The molecule has 3 N–H and O–H groups in total. The molecule has 1 saturated carbocycles. The third-order valence-corrected chi connectivity index (χ3v) is 2.82. The van der Waals surface area contributed by atoms with Gasteiger partial charge in [0, 0.05) is 0 Å². The van der Waals surface area contributed by atoms with Crippen molar-refractivity contribution < 1.29 is 19.9 Å². The number of carboxylic acids is 1. The molecular weight excluding hydrogens is 218 g/mol. The molecule has 1 unspecified atom stereocenters. The number of aliphatic hydroxyl groups excluding tert-OH is 1. The highest BCUT2D eigenvalue weighted by molar-refractivity contribution is 5.75. The lowest BCUT2D eigenvalue weighted by atomic mass is 9.95. The summed E-state index contributed by atoms with van der Waals surface area (Å²) in [6, 6.07) is 1.17. The van der Waals surface area contributed by atoms with Crippen LogP contribution < -0.4 is 0 Å². The van der Waals surface area contributed by atoms with Crippen molar-refractivity contribution in [1.29, 1.82) is 0 Å². The molecule has 1 aliphatic carbocycles. The van der Waals surface area contributed by atoms with Crippen LogP contribution in [0, 0.1) is 10.1 Å². The smallest absolute Gasteiger partial charge is 0.342 e. The molecule has 0 spiro atoms. The third kappa shape index (κ3) is 1.43. The fourth-order valence-corrected chi connectivity index (χ4v) is 1.70. The van der Waals surface area contributed by atoms with E-state index in [1.54, 1.807) is 0 Å². The molecule has 0 radical (unpaired) electrons. The summed E-state index contributed by atoms with van der Waals surface area (Å²) in [6.45, 7) is 0. The predicted octanol–water partition coefficient (Wildman–Crippen LogP) is -0.205. The van der Waals surface area contributed by atoms with E-state index in [2.05, 4.69) is 10.2 Å². The molecule has 0 aromatic carbocycles. The van der Waals surface area contributed by atoms with Crippen LogP contribution in [-0.4, -0.2) is 37.4 Å². The minimum atomic E-state index is -1.57.